The molecular weight excluding hydrogens is 396 g/mol. The lowest BCUT2D eigenvalue weighted by Gasteiger charge is -2.02. The standard InChI is InChI=1S/C18H16N6O2S2/c1-9-14(11-5-3-4-6-12(11)19-9)15(25)16(26)21-17-20-10(8-28-17)7-13-22-23-18(27)24(13)2/h3-6,8,19H,7H2,1-2H3,(H,23,27)(H,20,21,26). The highest BCUT2D eigenvalue weighted by Crippen LogP contribution is 2.23. The number of hydrogen-bond acceptors (Lipinski definition) is 6. The van der Waals surface area contributed by atoms with E-state index >= 15 is 0 Å². The number of aromatic nitrogens is 5. The van der Waals surface area contributed by atoms with Crippen molar-refractivity contribution in [3.05, 3.63) is 57.2 Å². The molecule has 1 amide bonds. The van der Waals surface area contributed by atoms with E-state index in [1.165, 1.54) is 11.3 Å². The number of aromatic amines is 2. The highest BCUT2D eigenvalue weighted by Gasteiger charge is 2.23. The van der Waals surface area contributed by atoms with Gasteiger partial charge in [0, 0.05) is 29.0 Å². The number of rotatable bonds is 5. The number of thiazole rings is 1. The molecule has 0 saturated carbocycles. The van der Waals surface area contributed by atoms with Crippen molar-refractivity contribution in [2.45, 2.75) is 13.3 Å². The maximum absolute atomic E-state index is 12.7. The van der Waals surface area contributed by atoms with Gasteiger partial charge < -0.3 is 9.55 Å². The summed E-state index contributed by atoms with van der Waals surface area (Å²) in [6.45, 7) is 1.78. The van der Waals surface area contributed by atoms with Crippen LogP contribution in [0.5, 0.6) is 0 Å². The molecule has 0 fully saturated rings. The largest absolute Gasteiger partial charge is 0.358 e. The van der Waals surface area contributed by atoms with Gasteiger partial charge in [-0.1, -0.05) is 18.2 Å². The number of aryl methyl sites for hydroxylation is 1. The Morgan fingerprint density at radius 1 is 1.32 bits per heavy atom. The number of H-pyrrole nitrogens is 2. The van der Waals surface area contributed by atoms with Crippen LogP contribution in [0.4, 0.5) is 5.13 Å². The number of ketones is 1. The summed E-state index contributed by atoms with van der Waals surface area (Å²) in [5, 5.41) is 12.4. The first kappa shape index (κ1) is 18.3. The lowest BCUT2D eigenvalue weighted by Crippen LogP contribution is -2.23. The van der Waals surface area contributed by atoms with Crippen molar-refractivity contribution < 1.29 is 9.59 Å². The second-order valence-corrected chi connectivity index (χ2v) is 7.52. The number of anilines is 1. The Morgan fingerprint density at radius 2 is 2.11 bits per heavy atom. The summed E-state index contributed by atoms with van der Waals surface area (Å²) in [6.07, 6.45) is 0.464. The molecule has 0 atom stereocenters. The van der Waals surface area contributed by atoms with Crippen LogP contribution in [0.2, 0.25) is 0 Å². The molecule has 0 spiro atoms. The Balaban J connectivity index is 1.51. The smallest absolute Gasteiger partial charge is 0.298 e. The maximum atomic E-state index is 12.7. The van der Waals surface area contributed by atoms with Crippen LogP contribution in [-0.4, -0.2) is 36.4 Å². The topological polar surface area (TPSA) is 108 Å². The van der Waals surface area contributed by atoms with Crippen LogP contribution in [0.25, 0.3) is 10.9 Å². The lowest BCUT2D eigenvalue weighted by atomic mass is 10.1. The first-order chi connectivity index (χ1) is 13.4. The van der Waals surface area contributed by atoms with Crippen LogP contribution in [0.15, 0.2) is 29.6 Å². The van der Waals surface area contributed by atoms with E-state index < -0.39 is 11.7 Å². The van der Waals surface area contributed by atoms with Gasteiger partial charge in [0.25, 0.3) is 11.7 Å². The van der Waals surface area contributed by atoms with Gasteiger partial charge in [-0.25, -0.2) is 4.98 Å². The van der Waals surface area contributed by atoms with Gasteiger partial charge in [0.05, 0.1) is 17.7 Å². The number of hydrogen-bond donors (Lipinski definition) is 3. The van der Waals surface area contributed by atoms with Gasteiger partial charge in [-0.3, -0.25) is 20.0 Å². The third-order valence-electron chi connectivity index (χ3n) is 4.41. The molecule has 8 nitrogen and oxygen atoms in total. The van der Waals surface area contributed by atoms with Crippen LogP contribution in [0, 0.1) is 11.7 Å². The number of amides is 1. The fourth-order valence-electron chi connectivity index (χ4n) is 2.98. The molecule has 0 bridgehead atoms. The molecule has 10 heteroatoms. The third-order valence-corrected chi connectivity index (χ3v) is 5.58. The van der Waals surface area contributed by atoms with E-state index in [4.69, 9.17) is 12.2 Å². The monoisotopic (exact) mass is 412 g/mol. The van der Waals surface area contributed by atoms with Gasteiger partial charge in [0.15, 0.2) is 9.90 Å². The Hall–Kier alpha value is -3.11. The summed E-state index contributed by atoms with van der Waals surface area (Å²) in [6, 6.07) is 7.39. The van der Waals surface area contributed by atoms with Crippen LogP contribution < -0.4 is 5.32 Å². The Kier molecular flexibility index (Phi) is 4.65. The van der Waals surface area contributed by atoms with Crippen molar-refractivity contribution in [3.8, 4) is 0 Å². The van der Waals surface area contributed by atoms with E-state index in [0.29, 0.717) is 27.6 Å². The number of benzene rings is 1. The van der Waals surface area contributed by atoms with E-state index in [2.05, 4.69) is 25.5 Å². The first-order valence-electron chi connectivity index (χ1n) is 8.41. The molecule has 0 unspecified atom stereocenters. The Labute approximate surface area is 168 Å². The average Bonchev–Trinajstić information content (AvgIpc) is 3.34. The fraction of sp³-hybridized carbons (Fsp3) is 0.167. The SMILES string of the molecule is Cc1[nH]c2ccccc2c1C(=O)C(=O)Nc1nc(Cc2n[nH]c(=S)n2C)cs1. The minimum absolute atomic E-state index is 0.364. The molecular formula is C18H16N6O2S2. The molecule has 0 saturated heterocycles. The molecule has 3 N–H and O–H groups in total. The predicted molar refractivity (Wildman–Crippen MR) is 109 cm³/mol. The minimum atomic E-state index is -0.716. The van der Waals surface area contributed by atoms with Crippen LogP contribution >= 0.6 is 23.6 Å². The normalized spacial score (nSPS) is 11.1. The molecule has 28 heavy (non-hydrogen) atoms. The highest BCUT2D eigenvalue weighted by molar-refractivity contribution is 7.71. The van der Waals surface area contributed by atoms with Gasteiger partial charge in [-0.15, -0.1) is 11.3 Å². The van der Waals surface area contributed by atoms with Crippen molar-refractivity contribution in [3.63, 3.8) is 0 Å². The zero-order chi connectivity index (χ0) is 19.8. The van der Waals surface area contributed by atoms with Crippen LogP contribution in [-0.2, 0) is 18.3 Å². The number of nitrogens with zero attached hydrogens (tertiary/aromatic N) is 3. The number of Topliss-reactive ketones (excluding diaryl/α,β-unsaturated/α-hetero) is 1. The molecule has 0 aliphatic carbocycles. The van der Waals surface area contributed by atoms with Gasteiger partial charge in [0.2, 0.25) is 0 Å². The number of carbonyl (C=O) groups excluding carboxylic acids is 2. The van der Waals surface area contributed by atoms with E-state index in [9.17, 15) is 9.59 Å². The van der Waals surface area contributed by atoms with Gasteiger partial charge in [0.1, 0.15) is 5.82 Å². The summed E-state index contributed by atoms with van der Waals surface area (Å²) in [4.78, 5) is 32.7. The van der Waals surface area contributed by atoms with Crippen molar-refractivity contribution in [1.82, 2.24) is 24.7 Å². The van der Waals surface area contributed by atoms with Crippen molar-refractivity contribution >= 4 is 51.3 Å². The second-order valence-electron chi connectivity index (χ2n) is 6.28. The van der Waals surface area contributed by atoms with Crippen molar-refractivity contribution in [1.29, 1.82) is 0 Å². The molecule has 142 valence electrons. The zero-order valence-corrected chi connectivity index (χ0v) is 16.7. The molecule has 4 aromatic rings. The highest BCUT2D eigenvalue weighted by atomic mass is 32.1. The molecule has 0 radical (unpaired) electrons. The van der Waals surface area contributed by atoms with Crippen LogP contribution in [0.1, 0.15) is 27.6 Å². The maximum Gasteiger partial charge on any atom is 0.298 e. The van der Waals surface area contributed by atoms with E-state index in [0.717, 1.165) is 22.4 Å². The number of para-hydroxylation sites is 1. The molecule has 0 aliphatic rings. The molecule has 0 aliphatic heterocycles. The molecule has 1 aromatic carbocycles. The molecule has 3 aromatic heterocycles. The lowest BCUT2D eigenvalue weighted by molar-refractivity contribution is -0.112. The Bertz CT molecular complexity index is 1260. The summed E-state index contributed by atoms with van der Waals surface area (Å²) in [5.41, 5.74) is 2.59. The Morgan fingerprint density at radius 3 is 2.86 bits per heavy atom. The van der Waals surface area contributed by atoms with Crippen molar-refractivity contribution in [2.75, 3.05) is 5.32 Å². The van der Waals surface area contributed by atoms with Gasteiger partial charge in [-0.2, -0.15) is 5.10 Å². The summed E-state index contributed by atoms with van der Waals surface area (Å²) in [7, 11) is 1.82. The third kappa shape index (κ3) is 3.27. The summed E-state index contributed by atoms with van der Waals surface area (Å²) in [5.74, 6) is -0.577. The first-order valence-corrected chi connectivity index (χ1v) is 9.70. The van der Waals surface area contributed by atoms with Gasteiger partial charge in [-0.05, 0) is 25.2 Å². The number of fused-ring (bicyclic) bond motifs is 1. The van der Waals surface area contributed by atoms with E-state index in [1.807, 2.05) is 36.7 Å². The van der Waals surface area contributed by atoms with Gasteiger partial charge >= 0.3 is 0 Å². The number of nitrogens with one attached hydrogen (secondary N) is 3. The van der Waals surface area contributed by atoms with E-state index in [1.54, 1.807) is 11.5 Å². The summed E-state index contributed by atoms with van der Waals surface area (Å²) < 4.78 is 2.29. The fourth-order valence-corrected chi connectivity index (χ4v) is 3.84. The minimum Gasteiger partial charge on any atom is -0.358 e. The van der Waals surface area contributed by atoms with Crippen molar-refractivity contribution in [2.24, 2.45) is 7.05 Å². The average molecular weight is 412 g/mol. The number of carbonyl (C=O) groups is 2. The molecule has 4 rings (SSSR count). The second kappa shape index (κ2) is 7.13. The van der Waals surface area contributed by atoms with Crippen LogP contribution in [0.3, 0.4) is 0 Å². The molecule has 3 heterocycles. The quantitative estimate of drug-likeness (QED) is 0.265. The van der Waals surface area contributed by atoms with E-state index in [-0.39, 0.29) is 0 Å². The summed E-state index contributed by atoms with van der Waals surface area (Å²) >= 11 is 6.35. The zero-order valence-electron chi connectivity index (χ0n) is 15.1. The predicted octanol–water partition coefficient (Wildman–Crippen LogP) is 3.14.